The fourth-order valence-corrected chi connectivity index (χ4v) is 4.42. The number of pyridine rings is 1. The average Bonchev–Trinajstić information content (AvgIpc) is 3.19. The minimum atomic E-state index is 0.0935. The monoisotopic (exact) mass is 393 g/mol. The third-order valence-electron chi connectivity index (χ3n) is 5.22. The third-order valence-corrected chi connectivity index (χ3v) is 6.14. The summed E-state index contributed by atoms with van der Waals surface area (Å²) >= 11 is 1.42. The van der Waals surface area contributed by atoms with Crippen molar-refractivity contribution < 1.29 is 9.53 Å². The quantitative estimate of drug-likeness (QED) is 0.653. The van der Waals surface area contributed by atoms with Crippen molar-refractivity contribution in [3.63, 3.8) is 0 Å². The molecule has 144 valence electrons. The van der Waals surface area contributed by atoms with E-state index in [2.05, 4.69) is 17.1 Å². The fourth-order valence-electron chi connectivity index (χ4n) is 3.66. The molecule has 4 rings (SSSR count). The van der Waals surface area contributed by atoms with Crippen LogP contribution in [-0.2, 0) is 0 Å². The molecule has 28 heavy (non-hydrogen) atoms. The molecular weight excluding hydrogens is 370 g/mol. The number of hydrogen-bond donors (Lipinski definition) is 0. The van der Waals surface area contributed by atoms with Crippen molar-refractivity contribution in [2.75, 3.05) is 20.2 Å². The highest BCUT2D eigenvalue weighted by Crippen LogP contribution is 2.29. The number of aromatic nitrogens is 2. The van der Waals surface area contributed by atoms with Crippen LogP contribution in [0.5, 0.6) is 5.75 Å². The van der Waals surface area contributed by atoms with Gasteiger partial charge in [-0.05, 0) is 56.2 Å². The van der Waals surface area contributed by atoms with Gasteiger partial charge in [0.15, 0.2) is 0 Å². The molecule has 3 aromatic rings. The van der Waals surface area contributed by atoms with Gasteiger partial charge in [0.05, 0.1) is 24.0 Å². The zero-order chi connectivity index (χ0) is 19.5. The van der Waals surface area contributed by atoms with Crippen molar-refractivity contribution in [3.05, 3.63) is 64.2 Å². The molecule has 0 unspecified atom stereocenters. The molecule has 0 N–H and O–H groups in total. The zero-order valence-electron chi connectivity index (χ0n) is 16.1. The summed E-state index contributed by atoms with van der Waals surface area (Å²) in [5, 5.41) is 0. The summed E-state index contributed by atoms with van der Waals surface area (Å²) in [6, 6.07) is 14.1. The van der Waals surface area contributed by atoms with Crippen LogP contribution in [0.1, 0.15) is 39.8 Å². The van der Waals surface area contributed by atoms with E-state index in [4.69, 9.17) is 9.72 Å². The first-order chi connectivity index (χ1) is 13.7. The van der Waals surface area contributed by atoms with Crippen molar-refractivity contribution in [2.24, 2.45) is 0 Å². The summed E-state index contributed by atoms with van der Waals surface area (Å²) in [5.41, 5.74) is 5.61. The lowest BCUT2D eigenvalue weighted by Crippen LogP contribution is -2.39. The molecule has 1 amide bonds. The van der Waals surface area contributed by atoms with Gasteiger partial charge in [-0.2, -0.15) is 0 Å². The highest BCUT2D eigenvalue weighted by Gasteiger charge is 2.28. The van der Waals surface area contributed by atoms with Gasteiger partial charge in [0.25, 0.3) is 5.91 Å². The Balaban J connectivity index is 1.53. The lowest BCUT2D eigenvalue weighted by molar-refractivity contribution is 0.0710. The number of aryl methyl sites for hydroxylation is 1. The molecule has 1 fully saturated rings. The van der Waals surface area contributed by atoms with E-state index in [1.54, 1.807) is 12.6 Å². The highest BCUT2D eigenvalue weighted by atomic mass is 32.1. The van der Waals surface area contributed by atoms with Crippen LogP contribution in [-0.4, -0.2) is 41.0 Å². The molecule has 2 aromatic heterocycles. The lowest BCUT2D eigenvalue weighted by atomic mass is 9.93. The van der Waals surface area contributed by atoms with Crippen molar-refractivity contribution in [1.82, 2.24) is 14.9 Å². The average molecular weight is 394 g/mol. The molecule has 1 atom stereocenters. The first-order valence-electron chi connectivity index (χ1n) is 9.46. The molecule has 1 aliphatic rings. The Bertz CT molecular complexity index is 968. The number of thiazole rings is 1. The predicted octanol–water partition coefficient (Wildman–Crippen LogP) is 4.54. The van der Waals surface area contributed by atoms with E-state index in [-0.39, 0.29) is 11.8 Å². The largest absolute Gasteiger partial charge is 0.497 e. The summed E-state index contributed by atoms with van der Waals surface area (Å²) in [6.45, 7) is 3.39. The van der Waals surface area contributed by atoms with Crippen molar-refractivity contribution in [3.8, 4) is 17.0 Å². The second kappa shape index (κ2) is 8.10. The van der Waals surface area contributed by atoms with Crippen molar-refractivity contribution >= 4 is 17.2 Å². The van der Waals surface area contributed by atoms with Crippen molar-refractivity contribution in [1.29, 1.82) is 0 Å². The molecule has 1 aromatic carbocycles. The molecule has 0 bridgehead atoms. The van der Waals surface area contributed by atoms with Crippen LogP contribution < -0.4 is 4.74 Å². The number of piperidine rings is 1. The molecule has 1 aliphatic heterocycles. The molecule has 5 nitrogen and oxygen atoms in total. The van der Waals surface area contributed by atoms with Crippen LogP contribution in [0.2, 0.25) is 0 Å². The number of rotatable bonds is 4. The Morgan fingerprint density at radius 2 is 2.04 bits per heavy atom. The fraction of sp³-hybridized carbons (Fsp3) is 0.318. The smallest absolute Gasteiger partial charge is 0.265 e. The standard InChI is InChI=1S/C22H23N3O2S/c1-15-21(28-14-23-15)22(26)25-12-4-5-17(13-25)20-7-3-6-19(24-20)16-8-10-18(27-2)11-9-16/h3,6-11,14,17H,4-5,12-13H2,1-2H3/t17-/m1/s1. The highest BCUT2D eigenvalue weighted by molar-refractivity contribution is 7.11. The van der Waals surface area contributed by atoms with Gasteiger partial charge in [0.2, 0.25) is 0 Å². The van der Waals surface area contributed by atoms with Crippen LogP contribution >= 0.6 is 11.3 Å². The summed E-state index contributed by atoms with van der Waals surface area (Å²) in [5.74, 6) is 1.18. The SMILES string of the molecule is COc1ccc(-c2cccc([C@@H]3CCCN(C(=O)c4scnc4C)C3)n2)cc1. The van der Waals surface area contributed by atoms with Gasteiger partial charge >= 0.3 is 0 Å². The van der Waals surface area contributed by atoms with Crippen LogP contribution in [0.25, 0.3) is 11.3 Å². The number of benzene rings is 1. The van der Waals surface area contributed by atoms with Gasteiger partial charge in [-0.15, -0.1) is 11.3 Å². The molecular formula is C22H23N3O2S. The van der Waals surface area contributed by atoms with Crippen LogP contribution in [0.3, 0.4) is 0 Å². The van der Waals surface area contributed by atoms with Crippen molar-refractivity contribution in [2.45, 2.75) is 25.7 Å². The maximum absolute atomic E-state index is 12.9. The summed E-state index contributed by atoms with van der Waals surface area (Å²) in [7, 11) is 1.66. The summed E-state index contributed by atoms with van der Waals surface area (Å²) in [6.07, 6.45) is 2.03. The van der Waals surface area contributed by atoms with E-state index < -0.39 is 0 Å². The van der Waals surface area contributed by atoms with Gasteiger partial charge in [-0.25, -0.2) is 4.98 Å². The molecule has 3 heterocycles. The first kappa shape index (κ1) is 18.6. The molecule has 6 heteroatoms. The van der Waals surface area contributed by atoms with E-state index in [9.17, 15) is 4.79 Å². The second-order valence-electron chi connectivity index (χ2n) is 7.03. The molecule has 1 saturated heterocycles. The van der Waals surface area contributed by atoms with E-state index in [1.165, 1.54) is 11.3 Å². The molecule has 0 spiro atoms. The molecule has 0 aliphatic carbocycles. The molecule has 0 saturated carbocycles. The molecule has 0 radical (unpaired) electrons. The number of ether oxygens (including phenoxy) is 1. The van der Waals surface area contributed by atoms with Gasteiger partial charge in [0, 0.05) is 30.3 Å². The lowest BCUT2D eigenvalue weighted by Gasteiger charge is -2.32. The maximum Gasteiger partial charge on any atom is 0.265 e. The van der Waals surface area contributed by atoms with Gasteiger partial charge in [-0.3, -0.25) is 9.78 Å². The minimum absolute atomic E-state index is 0.0935. The summed E-state index contributed by atoms with van der Waals surface area (Å²) in [4.78, 5) is 24.7. The van der Waals surface area contributed by atoms with E-state index in [0.717, 1.165) is 52.7 Å². The normalized spacial score (nSPS) is 16.8. The first-order valence-corrected chi connectivity index (χ1v) is 10.3. The van der Waals surface area contributed by atoms with E-state index in [0.29, 0.717) is 6.54 Å². The summed E-state index contributed by atoms with van der Waals surface area (Å²) < 4.78 is 5.24. The Labute approximate surface area is 169 Å². The Hall–Kier alpha value is -2.73. The minimum Gasteiger partial charge on any atom is -0.497 e. The van der Waals surface area contributed by atoms with Gasteiger partial charge in [0.1, 0.15) is 10.6 Å². The number of methoxy groups -OCH3 is 1. The number of carbonyl (C=O) groups is 1. The number of nitrogens with zero attached hydrogens (tertiary/aromatic N) is 3. The Morgan fingerprint density at radius 3 is 2.75 bits per heavy atom. The Morgan fingerprint density at radius 1 is 1.21 bits per heavy atom. The van der Waals surface area contributed by atoms with E-state index in [1.807, 2.05) is 42.2 Å². The Kier molecular flexibility index (Phi) is 5.39. The van der Waals surface area contributed by atoms with Crippen LogP contribution in [0, 0.1) is 6.92 Å². The number of amides is 1. The van der Waals surface area contributed by atoms with Gasteiger partial charge in [-0.1, -0.05) is 6.07 Å². The third kappa shape index (κ3) is 3.78. The second-order valence-corrected chi connectivity index (χ2v) is 7.89. The topological polar surface area (TPSA) is 55.3 Å². The van der Waals surface area contributed by atoms with Crippen LogP contribution in [0.15, 0.2) is 48.0 Å². The van der Waals surface area contributed by atoms with Crippen LogP contribution in [0.4, 0.5) is 0 Å². The number of carbonyl (C=O) groups excluding carboxylic acids is 1. The maximum atomic E-state index is 12.9. The predicted molar refractivity (Wildman–Crippen MR) is 111 cm³/mol. The number of hydrogen-bond acceptors (Lipinski definition) is 5. The van der Waals surface area contributed by atoms with Gasteiger partial charge < -0.3 is 9.64 Å². The number of likely N-dealkylation sites (tertiary alicyclic amines) is 1. The van der Waals surface area contributed by atoms with E-state index >= 15 is 0 Å². The zero-order valence-corrected chi connectivity index (χ0v) is 16.9.